The van der Waals surface area contributed by atoms with Crippen molar-refractivity contribution in [2.24, 2.45) is 0 Å². The largest absolute Gasteiger partial charge is 0.497 e. The number of nitrogens with one attached hydrogen (secondary N) is 1. The van der Waals surface area contributed by atoms with Crippen molar-refractivity contribution in [2.45, 2.75) is 6.18 Å². The fraction of sp³-hybridized carbons (Fsp3) is 0.300. The van der Waals surface area contributed by atoms with Gasteiger partial charge in [-0.2, -0.15) is 13.2 Å². The molecule has 1 rings (SSSR count). The molecule has 0 heterocycles. The minimum absolute atomic E-state index is 0.0893. The van der Waals surface area contributed by atoms with Crippen LogP contribution in [0.1, 0.15) is 0 Å². The van der Waals surface area contributed by atoms with Crippen LogP contribution in [0.3, 0.4) is 0 Å². The fourth-order valence-corrected chi connectivity index (χ4v) is 1.61. The zero-order valence-electron chi connectivity index (χ0n) is 9.39. The second-order valence-corrected chi connectivity index (χ2v) is 3.94. The highest BCUT2D eigenvalue weighted by molar-refractivity contribution is 9.10. The number of rotatable bonds is 3. The number of anilines is 1. The number of hydrogen-bond donors (Lipinski definition) is 1. The Hall–Kier alpha value is -1.44. The summed E-state index contributed by atoms with van der Waals surface area (Å²) in [6.07, 6.45) is -4.96. The van der Waals surface area contributed by atoms with E-state index in [1.54, 1.807) is 5.32 Å². The number of amides is 1. The Kier molecular flexibility index (Phi) is 4.44. The number of ether oxygens (including phenoxy) is 2. The molecule has 0 atom stereocenters. The van der Waals surface area contributed by atoms with E-state index in [9.17, 15) is 18.0 Å². The molecule has 18 heavy (non-hydrogen) atoms. The van der Waals surface area contributed by atoms with E-state index in [-0.39, 0.29) is 21.7 Å². The number of halogens is 4. The van der Waals surface area contributed by atoms with Gasteiger partial charge in [0, 0.05) is 12.1 Å². The van der Waals surface area contributed by atoms with Gasteiger partial charge in [-0.25, -0.2) is 0 Å². The van der Waals surface area contributed by atoms with E-state index < -0.39 is 12.1 Å². The van der Waals surface area contributed by atoms with Crippen molar-refractivity contribution >= 4 is 27.5 Å². The predicted molar refractivity (Wildman–Crippen MR) is 61.9 cm³/mol. The molecule has 0 aromatic heterocycles. The molecule has 0 bridgehead atoms. The zero-order valence-corrected chi connectivity index (χ0v) is 11.0. The average Bonchev–Trinajstić information content (AvgIpc) is 2.30. The third-order valence-electron chi connectivity index (χ3n) is 1.97. The van der Waals surface area contributed by atoms with Gasteiger partial charge in [-0.1, -0.05) is 0 Å². The van der Waals surface area contributed by atoms with Crippen LogP contribution < -0.4 is 14.8 Å². The predicted octanol–water partition coefficient (Wildman–Crippen LogP) is 2.97. The summed E-state index contributed by atoms with van der Waals surface area (Å²) < 4.78 is 46.4. The molecule has 1 aromatic carbocycles. The molecule has 8 heteroatoms. The van der Waals surface area contributed by atoms with Gasteiger partial charge in [0.25, 0.3) is 0 Å². The van der Waals surface area contributed by atoms with Crippen LogP contribution >= 0.6 is 15.9 Å². The van der Waals surface area contributed by atoms with Crippen LogP contribution in [-0.4, -0.2) is 26.3 Å². The number of methoxy groups -OCH3 is 2. The third-order valence-corrected chi connectivity index (χ3v) is 2.79. The Bertz CT molecular complexity index is 462. The van der Waals surface area contributed by atoms with Crippen molar-refractivity contribution < 1.29 is 27.4 Å². The van der Waals surface area contributed by atoms with Crippen LogP contribution in [0, 0.1) is 0 Å². The molecule has 1 aromatic rings. The molecule has 0 aliphatic carbocycles. The number of carbonyl (C=O) groups excluding carboxylic acids is 1. The van der Waals surface area contributed by atoms with Crippen LogP contribution in [0.4, 0.5) is 18.9 Å². The lowest BCUT2D eigenvalue weighted by molar-refractivity contribution is -0.167. The highest BCUT2D eigenvalue weighted by Crippen LogP contribution is 2.37. The molecule has 0 unspecified atom stereocenters. The first-order valence-corrected chi connectivity index (χ1v) is 5.38. The van der Waals surface area contributed by atoms with Crippen molar-refractivity contribution in [2.75, 3.05) is 19.5 Å². The summed E-state index contributed by atoms with van der Waals surface area (Å²) in [5.41, 5.74) is -0.0893. The van der Waals surface area contributed by atoms with E-state index in [0.29, 0.717) is 0 Å². The van der Waals surface area contributed by atoms with Crippen molar-refractivity contribution in [1.29, 1.82) is 0 Å². The molecule has 0 aliphatic heterocycles. The van der Waals surface area contributed by atoms with Crippen LogP contribution in [0.2, 0.25) is 0 Å². The summed E-state index contributed by atoms with van der Waals surface area (Å²) >= 11 is 3.04. The number of alkyl halides is 3. The summed E-state index contributed by atoms with van der Waals surface area (Å²) in [7, 11) is 2.69. The van der Waals surface area contributed by atoms with Crippen LogP contribution in [0.5, 0.6) is 11.5 Å². The second kappa shape index (κ2) is 5.47. The maximum absolute atomic E-state index is 12.1. The summed E-state index contributed by atoms with van der Waals surface area (Å²) in [5.74, 6) is -1.57. The molecule has 0 radical (unpaired) electrons. The molecule has 0 spiro atoms. The maximum Gasteiger partial charge on any atom is 0.471 e. The molecule has 0 fully saturated rings. The minimum atomic E-state index is -4.96. The zero-order chi connectivity index (χ0) is 13.9. The fourth-order valence-electron chi connectivity index (χ4n) is 1.12. The Morgan fingerprint density at radius 3 is 2.33 bits per heavy atom. The van der Waals surface area contributed by atoms with Crippen LogP contribution in [-0.2, 0) is 4.79 Å². The van der Waals surface area contributed by atoms with Gasteiger partial charge in [0.05, 0.1) is 24.4 Å². The summed E-state index contributed by atoms with van der Waals surface area (Å²) in [5, 5.41) is 1.73. The van der Waals surface area contributed by atoms with Crippen molar-refractivity contribution in [3.63, 3.8) is 0 Å². The summed E-state index contributed by atoms with van der Waals surface area (Å²) in [4.78, 5) is 10.8. The quantitative estimate of drug-likeness (QED) is 0.928. The molecule has 1 N–H and O–H groups in total. The Balaban J connectivity index is 3.12. The smallest absolute Gasteiger partial charge is 0.471 e. The normalized spacial score (nSPS) is 11.0. The van der Waals surface area contributed by atoms with Crippen molar-refractivity contribution in [1.82, 2.24) is 0 Å². The van der Waals surface area contributed by atoms with E-state index in [1.165, 1.54) is 26.4 Å². The van der Waals surface area contributed by atoms with Gasteiger partial charge in [0.15, 0.2) is 0 Å². The summed E-state index contributed by atoms with van der Waals surface area (Å²) in [6, 6.07) is 2.71. The van der Waals surface area contributed by atoms with Crippen molar-refractivity contribution in [3.8, 4) is 11.5 Å². The van der Waals surface area contributed by atoms with Gasteiger partial charge in [0.2, 0.25) is 0 Å². The first-order chi connectivity index (χ1) is 8.29. The van der Waals surface area contributed by atoms with E-state index in [4.69, 9.17) is 9.47 Å². The van der Waals surface area contributed by atoms with Gasteiger partial charge in [0.1, 0.15) is 11.5 Å². The Morgan fingerprint density at radius 2 is 1.89 bits per heavy atom. The van der Waals surface area contributed by atoms with E-state index in [1.807, 2.05) is 0 Å². The maximum atomic E-state index is 12.1. The van der Waals surface area contributed by atoms with Gasteiger partial charge in [-0.15, -0.1) is 0 Å². The monoisotopic (exact) mass is 327 g/mol. The lowest BCUT2D eigenvalue weighted by Gasteiger charge is -2.13. The third kappa shape index (κ3) is 3.28. The van der Waals surface area contributed by atoms with Crippen molar-refractivity contribution in [3.05, 3.63) is 16.6 Å². The van der Waals surface area contributed by atoms with Gasteiger partial charge < -0.3 is 14.8 Å². The lowest BCUT2D eigenvalue weighted by Crippen LogP contribution is -2.30. The minimum Gasteiger partial charge on any atom is -0.497 e. The van der Waals surface area contributed by atoms with Gasteiger partial charge in [-0.05, 0) is 15.9 Å². The van der Waals surface area contributed by atoms with Gasteiger partial charge >= 0.3 is 12.1 Å². The topological polar surface area (TPSA) is 47.6 Å². The SMILES string of the molecule is COc1cc(NC(=O)C(F)(F)F)c(Br)c(OC)c1. The molecule has 100 valence electrons. The highest BCUT2D eigenvalue weighted by Gasteiger charge is 2.39. The van der Waals surface area contributed by atoms with Gasteiger partial charge in [-0.3, -0.25) is 4.79 Å². The molecular weight excluding hydrogens is 319 g/mol. The average molecular weight is 328 g/mol. The molecule has 0 aliphatic rings. The highest BCUT2D eigenvalue weighted by atomic mass is 79.9. The van der Waals surface area contributed by atoms with E-state index in [0.717, 1.165) is 0 Å². The molecule has 4 nitrogen and oxygen atoms in total. The molecule has 0 saturated carbocycles. The lowest BCUT2D eigenvalue weighted by atomic mass is 10.2. The molecular formula is C10H9BrF3NO3. The Morgan fingerprint density at radius 1 is 1.28 bits per heavy atom. The molecule has 0 saturated heterocycles. The van der Waals surface area contributed by atoms with E-state index in [2.05, 4.69) is 15.9 Å². The summed E-state index contributed by atoms with van der Waals surface area (Å²) in [6.45, 7) is 0. The number of benzene rings is 1. The number of carbonyl (C=O) groups is 1. The van der Waals surface area contributed by atoms with Crippen LogP contribution in [0.15, 0.2) is 16.6 Å². The number of hydrogen-bond acceptors (Lipinski definition) is 3. The Labute approximate surface area is 109 Å². The van der Waals surface area contributed by atoms with Crippen LogP contribution in [0.25, 0.3) is 0 Å². The first kappa shape index (κ1) is 14.6. The standard InChI is InChI=1S/C10H9BrF3NO3/c1-17-5-3-6(8(11)7(4-5)18-2)15-9(16)10(12,13)14/h3-4H,1-2H3,(H,15,16). The molecule has 1 amide bonds. The first-order valence-electron chi connectivity index (χ1n) is 4.59. The van der Waals surface area contributed by atoms with E-state index >= 15 is 0 Å². The second-order valence-electron chi connectivity index (χ2n) is 3.14.